The van der Waals surface area contributed by atoms with E-state index in [0.717, 1.165) is 12.8 Å². The zero-order valence-electron chi connectivity index (χ0n) is 10.5. The van der Waals surface area contributed by atoms with Gasteiger partial charge in [-0.05, 0) is 33.6 Å². The van der Waals surface area contributed by atoms with Crippen molar-refractivity contribution in [1.82, 2.24) is 10.2 Å². The Labute approximate surface area is 97.3 Å². The standard InChI is InChI=1S/C12H22N2O2/c1-9-14(12(2,3)8-16-9)11(15)13-10-6-4-5-7-10/h9-10H,4-8H2,1-3H3,(H,13,15). The summed E-state index contributed by atoms with van der Waals surface area (Å²) in [5, 5.41) is 3.11. The molecule has 1 heterocycles. The molecule has 0 aromatic rings. The number of nitrogens with zero attached hydrogens (tertiary/aromatic N) is 1. The Morgan fingerprint density at radius 1 is 1.38 bits per heavy atom. The second-order valence-electron chi connectivity index (χ2n) is 5.52. The van der Waals surface area contributed by atoms with Crippen LogP contribution in [0.1, 0.15) is 46.5 Å². The van der Waals surface area contributed by atoms with Crippen molar-refractivity contribution in [3.8, 4) is 0 Å². The minimum absolute atomic E-state index is 0.0295. The number of carbonyl (C=O) groups excluding carboxylic acids is 1. The zero-order chi connectivity index (χ0) is 11.8. The van der Waals surface area contributed by atoms with Crippen molar-refractivity contribution in [2.24, 2.45) is 0 Å². The third-order valence-electron chi connectivity index (χ3n) is 3.60. The van der Waals surface area contributed by atoms with Crippen molar-refractivity contribution in [2.45, 2.75) is 64.3 Å². The van der Waals surface area contributed by atoms with Crippen molar-refractivity contribution >= 4 is 6.03 Å². The minimum atomic E-state index is -0.192. The lowest BCUT2D eigenvalue weighted by Gasteiger charge is -2.33. The molecule has 1 aliphatic heterocycles. The summed E-state index contributed by atoms with van der Waals surface area (Å²) in [4.78, 5) is 14.0. The fraction of sp³-hybridized carbons (Fsp3) is 0.917. The molecule has 0 radical (unpaired) electrons. The average molecular weight is 226 g/mol. The lowest BCUT2D eigenvalue weighted by atomic mass is 10.1. The van der Waals surface area contributed by atoms with Crippen LogP contribution in [0.15, 0.2) is 0 Å². The van der Waals surface area contributed by atoms with Crippen LogP contribution in [0.5, 0.6) is 0 Å². The summed E-state index contributed by atoms with van der Waals surface area (Å²) in [6, 6.07) is 0.401. The van der Waals surface area contributed by atoms with E-state index < -0.39 is 0 Å². The molecule has 4 nitrogen and oxygen atoms in total. The van der Waals surface area contributed by atoms with E-state index in [-0.39, 0.29) is 17.8 Å². The molecule has 1 saturated carbocycles. The van der Waals surface area contributed by atoms with Gasteiger partial charge in [0.15, 0.2) is 0 Å². The number of hydrogen-bond donors (Lipinski definition) is 1. The molecule has 0 aromatic heterocycles. The lowest BCUT2D eigenvalue weighted by Crippen LogP contribution is -2.53. The van der Waals surface area contributed by atoms with E-state index in [0.29, 0.717) is 12.6 Å². The highest BCUT2D eigenvalue weighted by Gasteiger charge is 2.42. The quantitative estimate of drug-likeness (QED) is 0.744. The first-order chi connectivity index (χ1) is 7.50. The van der Waals surface area contributed by atoms with Gasteiger partial charge >= 0.3 is 6.03 Å². The normalized spacial score (nSPS) is 29.7. The highest BCUT2D eigenvalue weighted by molar-refractivity contribution is 5.76. The number of amides is 2. The average Bonchev–Trinajstić information content (AvgIpc) is 2.75. The van der Waals surface area contributed by atoms with Gasteiger partial charge < -0.3 is 10.1 Å². The van der Waals surface area contributed by atoms with Gasteiger partial charge in [0.05, 0.1) is 12.1 Å². The van der Waals surface area contributed by atoms with Gasteiger partial charge in [0.25, 0.3) is 0 Å². The van der Waals surface area contributed by atoms with Gasteiger partial charge in [0, 0.05) is 6.04 Å². The second-order valence-corrected chi connectivity index (χ2v) is 5.52. The molecule has 0 aromatic carbocycles. The van der Waals surface area contributed by atoms with Gasteiger partial charge in [0.1, 0.15) is 6.23 Å². The van der Waals surface area contributed by atoms with Gasteiger partial charge in [-0.1, -0.05) is 12.8 Å². The highest BCUT2D eigenvalue weighted by atomic mass is 16.5. The maximum absolute atomic E-state index is 12.2. The summed E-state index contributed by atoms with van der Waals surface area (Å²) in [6.07, 6.45) is 4.60. The van der Waals surface area contributed by atoms with Gasteiger partial charge in [-0.3, -0.25) is 4.90 Å². The molecule has 16 heavy (non-hydrogen) atoms. The highest BCUT2D eigenvalue weighted by Crippen LogP contribution is 2.27. The number of hydrogen-bond acceptors (Lipinski definition) is 2. The van der Waals surface area contributed by atoms with Crippen molar-refractivity contribution in [1.29, 1.82) is 0 Å². The Hall–Kier alpha value is -0.770. The fourth-order valence-corrected chi connectivity index (χ4v) is 2.72. The van der Waals surface area contributed by atoms with Crippen LogP contribution in [0.25, 0.3) is 0 Å². The number of rotatable bonds is 1. The fourth-order valence-electron chi connectivity index (χ4n) is 2.72. The van der Waals surface area contributed by atoms with Crippen LogP contribution in [0.2, 0.25) is 0 Å². The van der Waals surface area contributed by atoms with Crippen LogP contribution >= 0.6 is 0 Å². The molecule has 92 valence electrons. The Bertz CT molecular complexity index is 272. The maximum atomic E-state index is 12.2. The van der Waals surface area contributed by atoms with Crippen LogP contribution in [-0.2, 0) is 4.74 Å². The Balaban J connectivity index is 1.97. The lowest BCUT2D eigenvalue weighted by molar-refractivity contribution is 0.0601. The van der Waals surface area contributed by atoms with Gasteiger partial charge in [-0.25, -0.2) is 4.79 Å². The number of nitrogens with one attached hydrogen (secondary N) is 1. The first kappa shape index (κ1) is 11.7. The van der Waals surface area contributed by atoms with E-state index in [2.05, 4.69) is 5.32 Å². The van der Waals surface area contributed by atoms with E-state index in [1.54, 1.807) is 0 Å². The minimum Gasteiger partial charge on any atom is -0.356 e. The first-order valence-electron chi connectivity index (χ1n) is 6.22. The topological polar surface area (TPSA) is 41.6 Å². The molecular weight excluding hydrogens is 204 g/mol. The molecule has 1 unspecified atom stereocenters. The number of urea groups is 1. The molecule has 4 heteroatoms. The Morgan fingerprint density at radius 2 is 2.00 bits per heavy atom. The second kappa shape index (κ2) is 4.24. The molecule has 1 atom stereocenters. The predicted octanol–water partition coefficient (Wildman–Crippen LogP) is 2.10. The molecule has 2 rings (SSSR count). The summed E-state index contributed by atoms with van der Waals surface area (Å²) < 4.78 is 5.53. The molecule has 2 fully saturated rings. The smallest absolute Gasteiger partial charge is 0.320 e. The Morgan fingerprint density at radius 3 is 2.50 bits per heavy atom. The van der Waals surface area contributed by atoms with E-state index in [9.17, 15) is 4.79 Å². The van der Waals surface area contributed by atoms with E-state index in [1.165, 1.54) is 12.8 Å². The van der Waals surface area contributed by atoms with Crippen LogP contribution < -0.4 is 5.32 Å². The third-order valence-corrected chi connectivity index (χ3v) is 3.60. The summed E-state index contributed by atoms with van der Waals surface area (Å²) in [5.74, 6) is 0. The molecular formula is C12H22N2O2. The molecule has 2 aliphatic rings. The molecule has 1 aliphatic carbocycles. The summed E-state index contributed by atoms with van der Waals surface area (Å²) in [6.45, 7) is 6.64. The SMILES string of the molecule is CC1OCC(C)(C)N1C(=O)NC1CCCC1. The van der Waals surface area contributed by atoms with E-state index in [4.69, 9.17) is 4.74 Å². The molecule has 1 saturated heterocycles. The summed E-state index contributed by atoms with van der Waals surface area (Å²) in [7, 11) is 0. The molecule has 0 spiro atoms. The van der Waals surface area contributed by atoms with Crippen molar-refractivity contribution in [3.63, 3.8) is 0 Å². The van der Waals surface area contributed by atoms with Crippen LogP contribution in [-0.4, -0.2) is 35.3 Å². The van der Waals surface area contributed by atoms with Crippen LogP contribution in [0.3, 0.4) is 0 Å². The van der Waals surface area contributed by atoms with E-state index >= 15 is 0 Å². The van der Waals surface area contributed by atoms with Crippen LogP contribution in [0.4, 0.5) is 4.79 Å². The predicted molar refractivity (Wildman–Crippen MR) is 62.1 cm³/mol. The van der Waals surface area contributed by atoms with Gasteiger partial charge in [-0.2, -0.15) is 0 Å². The number of ether oxygens (including phenoxy) is 1. The van der Waals surface area contributed by atoms with Crippen LogP contribution in [0, 0.1) is 0 Å². The maximum Gasteiger partial charge on any atom is 0.320 e. The Kier molecular flexibility index (Phi) is 3.10. The summed E-state index contributed by atoms with van der Waals surface area (Å²) in [5.41, 5.74) is -0.192. The molecule has 2 amide bonds. The molecule has 1 N–H and O–H groups in total. The first-order valence-corrected chi connectivity index (χ1v) is 6.22. The van der Waals surface area contributed by atoms with Gasteiger partial charge in [0.2, 0.25) is 0 Å². The molecule has 0 bridgehead atoms. The zero-order valence-corrected chi connectivity index (χ0v) is 10.5. The van der Waals surface area contributed by atoms with Gasteiger partial charge in [-0.15, -0.1) is 0 Å². The summed E-state index contributed by atoms with van der Waals surface area (Å²) >= 11 is 0. The third kappa shape index (κ3) is 2.17. The largest absolute Gasteiger partial charge is 0.356 e. The van der Waals surface area contributed by atoms with Crippen molar-refractivity contribution < 1.29 is 9.53 Å². The van der Waals surface area contributed by atoms with Crippen molar-refractivity contribution in [2.75, 3.05) is 6.61 Å². The van der Waals surface area contributed by atoms with E-state index in [1.807, 2.05) is 25.7 Å². The van der Waals surface area contributed by atoms with Crippen molar-refractivity contribution in [3.05, 3.63) is 0 Å². The monoisotopic (exact) mass is 226 g/mol. The number of carbonyl (C=O) groups is 1.